The molecule has 0 aromatic heterocycles. The van der Waals surface area contributed by atoms with E-state index in [1.807, 2.05) is 6.07 Å². The summed E-state index contributed by atoms with van der Waals surface area (Å²) in [6.45, 7) is 4.75. The van der Waals surface area contributed by atoms with Crippen molar-refractivity contribution < 1.29 is 23.5 Å². The molecule has 2 atom stereocenters. The van der Waals surface area contributed by atoms with E-state index in [4.69, 9.17) is 9.47 Å². The Morgan fingerprint density at radius 3 is 2.52 bits per heavy atom. The Balaban J connectivity index is 1.71. The van der Waals surface area contributed by atoms with E-state index in [1.54, 1.807) is 41.3 Å². The summed E-state index contributed by atoms with van der Waals surface area (Å²) in [5, 5.41) is 0. The van der Waals surface area contributed by atoms with E-state index in [9.17, 15) is 14.0 Å². The fraction of sp³-hybridized carbons (Fsp3) is 0.304. The number of halogens is 1. The van der Waals surface area contributed by atoms with Crippen LogP contribution in [0.3, 0.4) is 0 Å². The second kappa shape index (κ2) is 9.87. The van der Waals surface area contributed by atoms with Crippen molar-refractivity contribution in [1.29, 1.82) is 0 Å². The predicted molar refractivity (Wildman–Crippen MR) is 107 cm³/mol. The Morgan fingerprint density at radius 2 is 1.83 bits per heavy atom. The van der Waals surface area contributed by atoms with Crippen molar-refractivity contribution in [2.24, 2.45) is 5.92 Å². The van der Waals surface area contributed by atoms with Crippen molar-refractivity contribution in [3.8, 4) is 0 Å². The molecule has 1 aliphatic heterocycles. The Labute approximate surface area is 169 Å². The number of amides is 1. The summed E-state index contributed by atoms with van der Waals surface area (Å²) in [7, 11) is 0. The molecule has 0 spiro atoms. The van der Waals surface area contributed by atoms with E-state index >= 15 is 0 Å². The van der Waals surface area contributed by atoms with Crippen molar-refractivity contribution in [3.63, 3.8) is 0 Å². The van der Waals surface area contributed by atoms with Crippen LogP contribution in [0.25, 0.3) is 0 Å². The van der Waals surface area contributed by atoms with Gasteiger partial charge in [0.2, 0.25) is 0 Å². The molecule has 0 aliphatic carbocycles. The Bertz CT molecular complexity index is 838. The third kappa shape index (κ3) is 5.44. The summed E-state index contributed by atoms with van der Waals surface area (Å²) in [5.41, 5.74) is 1.44. The van der Waals surface area contributed by atoms with Crippen LogP contribution in [0.5, 0.6) is 0 Å². The van der Waals surface area contributed by atoms with Crippen LogP contribution >= 0.6 is 0 Å². The summed E-state index contributed by atoms with van der Waals surface area (Å²) < 4.78 is 24.0. The van der Waals surface area contributed by atoms with Gasteiger partial charge in [0.05, 0.1) is 12.2 Å². The lowest BCUT2D eigenvalue weighted by Gasteiger charge is -2.38. The van der Waals surface area contributed by atoms with Gasteiger partial charge in [0.25, 0.3) is 0 Å². The smallest absolute Gasteiger partial charge is 0.410 e. The number of esters is 1. The summed E-state index contributed by atoms with van der Waals surface area (Å²) in [6.07, 6.45) is 1.77. The molecule has 1 heterocycles. The lowest BCUT2D eigenvalue weighted by Crippen LogP contribution is -2.45. The van der Waals surface area contributed by atoms with E-state index in [2.05, 4.69) is 6.58 Å². The largest absolute Gasteiger partial charge is 0.462 e. The van der Waals surface area contributed by atoms with Gasteiger partial charge in [-0.3, -0.25) is 0 Å². The zero-order valence-electron chi connectivity index (χ0n) is 16.1. The molecular weight excluding hydrogens is 373 g/mol. The molecule has 0 radical (unpaired) electrons. The highest BCUT2D eigenvalue weighted by atomic mass is 19.1. The number of likely N-dealkylation sites (tertiary alicyclic amines) is 1. The van der Waals surface area contributed by atoms with Gasteiger partial charge >= 0.3 is 12.1 Å². The molecule has 1 saturated heterocycles. The highest BCUT2D eigenvalue weighted by molar-refractivity contribution is 5.89. The molecule has 3 rings (SSSR count). The van der Waals surface area contributed by atoms with Crippen molar-refractivity contribution in [3.05, 3.63) is 84.2 Å². The normalized spacial score (nSPS) is 18.7. The molecule has 0 unspecified atom stereocenters. The Hall–Kier alpha value is -3.15. The zero-order valence-corrected chi connectivity index (χ0v) is 16.1. The minimum atomic E-state index is -0.415. The van der Waals surface area contributed by atoms with Crippen LogP contribution in [0, 0.1) is 11.7 Å². The Kier molecular flexibility index (Phi) is 7.00. The van der Waals surface area contributed by atoms with Crippen LogP contribution < -0.4 is 0 Å². The minimum absolute atomic E-state index is 0.0441. The van der Waals surface area contributed by atoms with E-state index in [0.29, 0.717) is 25.1 Å². The molecule has 1 aliphatic rings. The molecule has 2 aromatic rings. The molecule has 2 aromatic carbocycles. The van der Waals surface area contributed by atoms with Crippen molar-refractivity contribution in [2.75, 3.05) is 26.3 Å². The maximum absolute atomic E-state index is 13.3. The maximum atomic E-state index is 13.3. The molecule has 5 nitrogen and oxygen atoms in total. The topological polar surface area (TPSA) is 55.8 Å². The molecule has 152 valence electrons. The fourth-order valence-electron chi connectivity index (χ4n) is 3.58. The number of benzene rings is 2. The SMILES string of the molecule is C=CCOC(=O)N1CC[C@H](c2ccc(F)cc2)[C@@H](COC(=O)c2ccccc2)C1. The van der Waals surface area contributed by atoms with E-state index in [1.165, 1.54) is 18.2 Å². The third-order valence-electron chi connectivity index (χ3n) is 5.05. The third-order valence-corrected chi connectivity index (χ3v) is 5.05. The number of hydrogen-bond acceptors (Lipinski definition) is 4. The van der Waals surface area contributed by atoms with Crippen molar-refractivity contribution in [1.82, 2.24) is 4.90 Å². The molecule has 1 fully saturated rings. The number of carbonyl (C=O) groups is 2. The van der Waals surface area contributed by atoms with Crippen LogP contribution in [0.15, 0.2) is 67.3 Å². The molecule has 0 bridgehead atoms. The average Bonchev–Trinajstić information content (AvgIpc) is 2.77. The summed E-state index contributed by atoms with van der Waals surface area (Å²) >= 11 is 0. The molecule has 0 saturated carbocycles. The van der Waals surface area contributed by atoms with Gasteiger partial charge < -0.3 is 14.4 Å². The molecule has 29 heavy (non-hydrogen) atoms. The minimum Gasteiger partial charge on any atom is -0.462 e. The second-order valence-corrected chi connectivity index (χ2v) is 6.98. The van der Waals surface area contributed by atoms with Crippen molar-refractivity contribution in [2.45, 2.75) is 12.3 Å². The Morgan fingerprint density at radius 1 is 1.10 bits per heavy atom. The molecular formula is C23H24FNO4. The predicted octanol–water partition coefficient (Wildman–Crippen LogP) is 4.41. The van der Waals surface area contributed by atoms with Gasteiger partial charge in [0.1, 0.15) is 12.4 Å². The first-order valence-corrected chi connectivity index (χ1v) is 9.58. The lowest BCUT2D eigenvalue weighted by atomic mass is 9.81. The highest BCUT2D eigenvalue weighted by Crippen LogP contribution is 2.34. The number of hydrogen-bond donors (Lipinski definition) is 0. The number of ether oxygens (including phenoxy) is 2. The quantitative estimate of drug-likeness (QED) is 0.535. The number of rotatable bonds is 6. The number of nitrogens with zero attached hydrogens (tertiary/aromatic N) is 1. The van der Waals surface area contributed by atoms with Crippen LogP contribution in [0.4, 0.5) is 9.18 Å². The van der Waals surface area contributed by atoms with Crippen molar-refractivity contribution >= 4 is 12.1 Å². The highest BCUT2D eigenvalue weighted by Gasteiger charge is 2.34. The fourth-order valence-corrected chi connectivity index (χ4v) is 3.58. The molecule has 0 N–H and O–H groups in total. The lowest BCUT2D eigenvalue weighted by molar-refractivity contribution is 0.0302. The summed E-state index contributed by atoms with van der Waals surface area (Å²) in [4.78, 5) is 26.2. The zero-order chi connectivity index (χ0) is 20.6. The first-order valence-electron chi connectivity index (χ1n) is 9.58. The van der Waals surface area contributed by atoms with Gasteiger partial charge in [-0.25, -0.2) is 14.0 Å². The standard InChI is InChI=1S/C23H24FNO4/c1-2-14-28-23(27)25-13-12-21(17-8-10-20(24)11-9-17)19(15-25)16-29-22(26)18-6-4-3-5-7-18/h2-11,19,21H,1,12-16H2/t19-,21-/m1/s1. The average molecular weight is 397 g/mol. The first-order chi connectivity index (χ1) is 14.1. The van der Waals surface area contributed by atoms with Gasteiger partial charge in [-0.05, 0) is 42.2 Å². The molecule has 1 amide bonds. The van der Waals surface area contributed by atoms with Gasteiger partial charge in [-0.1, -0.05) is 43.0 Å². The monoisotopic (exact) mass is 397 g/mol. The van der Waals surface area contributed by atoms with Crippen LogP contribution in [0.1, 0.15) is 28.3 Å². The summed E-state index contributed by atoms with van der Waals surface area (Å²) in [6, 6.07) is 15.1. The van der Waals surface area contributed by atoms with E-state index in [0.717, 1.165) is 5.56 Å². The van der Waals surface area contributed by atoms with Crippen LogP contribution in [-0.4, -0.2) is 43.3 Å². The van der Waals surface area contributed by atoms with Gasteiger partial charge in [-0.2, -0.15) is 0 Å². The van der Waals surface area contributed by atoms with E-state index < -0.39 is 12.1 Å². The van der Waals surface area contributed by atoms with Gasteiger partial charge in [0, 0.05) is 19.0 Å². The number of carbonyl (C=O) groups excluding carboxylic acids is 2. The van der Waals surface area contributed by atoms with Crippen LogP contribution in [0.2, 0.25) is 0 Å². The van der Waals surface area contributed by atoms with Crippen LogP contribution in [-0.2, 0) is 9.47 Å². The van der Waals surface area contributed by atoms with E-state index in [-0.39, 0.29) is 30.9 Å². The molecule has 6 heteroatoms. The summed E-state index contributed by atoms with van der Waals surface area (Å²) in [5.74, 6) is -0.790. The first kappa shape index (κ1) is 20.6. The van der Waals surface area contributed by atoms with Gasteiger partial charge in [-0.15, -0.1) is 0 Å². The second-order valence-electron chi connectivity index (χ2n) is 6.98. The van der Waals surface area contributed by atoms with Gasteiger partial charge in [0.15, 0.2) is 0 Å². The maximum Gasteiger partial charge on any atom is 0.410 e. The number of piperidine rings is 1.